The first-order valence-electron chi connectivity index (χ1n) is 9.85. The Hall–Kier alpha value is -1.67. The van der Waals surface area contributed by atoms with E-state index >= 15 is 0 Å². The first-order chi connectivity index (χ1) is 13.3. The van der Waals surface area contributed by atoms with E-state index in [4.69, 9.17) is 9.15 Å². The van der Waals surface area contributed by atoms with Crippen molar-refractivity contribution in [1.29, 1.82) is 0 Å². The van der Waals surface area contributed by atoms with Crippen molar-refractivity contribution >= 4 is 10.0 Å². The second-order valence-corrected chi connectivity index (χ2v) is 9.94. The van der Waals surface area contributed by atoms with Crippen LogP contribution in [0.1, 0.15) is 36.8 Å². The molecule has 7 heteroatoms. The molecule has 2 aromatic rings. The van der Waals surface area contributed by atoms with Crippen LogP contribution in [-0.4, -0.2) is 56.0 Å². The average Bonchev–Trinajstić information content (AvgIpc) is 3.29. The molecule has 0 radical (unpaired) electrons. The fourth-order valence-electron chi connectivity index (χ4n) is 4.06. The number of aryl methyl sites for hydroxylation is 1. The smallest absolute Gasteiger partial charge is 0.243 e. The third-order valence-electron chi connectivity index (χ3n) is 5.72. The summed E-state index contributed by atoms with van der Waals surface area (Å²) >= 11 is 0. The summed E-state index contributed by atoms with van der Waals surface area (Å²) in [5.74, 6) is 2.17. The first kappa shape index (κ1) is 19.6. The Balaban J connectivity index is 1.51. The minimum absolute atomic E-state index is 0.0452. The molecule has 2 atom stereocenters. The number of ether oxygens (including phenoxy) is 1. The van der Waals surface area contributed by atoms with Gasteiger partial charge in [0.15, 0.2) is 0 Å². The Kier molecular flexibility index (Phi) is 5.35. The molecule has 1 aromatic heterocycles. The highest BCUT2D eigenvalue weighted by Gasteiger charge is 2.44. The van der Waals surface area contributed by atoms with Crippen molar-refractivity contribution in [2.75, 3.05) is 26.2 Å². The molecule has 2 aliphatic rings. The van der Waals surface area contributed by atoms with Gasteiger partial charge in [-0.1, -0.05) is 26.0 Å². The lowest BCUT2D eigenvalue weighted by Crippen LogP contribution is -2.50. The van der Waals surface area contributed by atoms with Crippen molar-refractivity contribution in [3.8, 4) is 0 Å². The van der Waals surface area contributed by atoms with Crippen LogP contribution in [0.25, 0.3) is 0 Å². The lowest BCUT2D eigenvalue weighted by Gasteiger charge is -2.36. The number of benzene rings is 1. The highest BCUT2D eigenvalue weighted by molar-refractivity contribution is 7.89. The quantitative estimate of drug-likeness (QED) is 0.767. The van der Waals surface area contributed by atoms with E-state index in [2.05, 4.69) is 18.7 Å². The van der Waals surface area contributed by atoms with Crippen LogP contribution in [0.3, 0.4) is 0 Å². The number of sulfonamides is 1. The number of rotatable bonds is 5. The maximum atomic E-state index is 13.2. The molecule has 6 nitrogen and oxygen atoms in total. The second-order valence-electron chi connectivity index (χ2n) is 8.01. The third-order valence-corrected chi connectivity index (χ3v) is 7.57. The summed E-state index contributed by atoms with van der Waals surface area (Å²) in [5, 5.41) is 0. The molecular weight excluding hydrogens is 376 g/mol. The van der Waals surface area contributed by atoms with Gasteiger partial charge in [0.1, 0.15) is 11.5 Å². The Labute approximate surface area is 167 Å². The number of furan rings is 1. The maximum Gasteiger partial charge on any atom is 0.243 e. The zero-order valence-electron chi connectivity index (χ0n) is 16.7. The molecule has 0 N–H and O–H groups in total. The van der Waals surface area contributed by atoms with Gasteiger partial charge in [-0.25, -0.2) is 8.42 Å². The first-order valence-corrected chi connectivity index (χ1v) is 11.3. The molecule has 0 amide bonds. The van der Waals surface area contributed by atoms with Crippen LogP contribution < -0.4 is 0 Å². The highest BCUT2D eigenvalue weighted by atomic mass is 32.2. The number of hydrogen-bond acceptors (Lipinski definition) is 5. The van der Waals surface area contributed by atoms with Gasteiger partial charge in [0.25, 0.3) is 0 Å². The number of hydrogen-bond donors (Lipinski definition) is 0. The fraction of sp³-hybridized carbons (Fsp3) is 0.524. The van der Waals surface area contributed by atoms with Crippen molar-refractivity contribution in [3.63, 3.8) is 0 Å². The molecule has 28 heavy (non-hydrogen) atoms. The van der Waals surface area contributed by atoms with Gasteiger partial charge in [0.2, 0.25) is 10.0 Å². The third kappa shape index (κ3) is 3.76. The zero-order valence-corrected chi connectivity index (χ0v) is 17.5. The van der Waals surface area contributed by atoms with E-state index in [-0.39, 0.29) is 12.1 Å². The van der Waals surface area contributed by atoms with E-state index < -0.39 is 10.0 Å². The molecule has 2 aliphatic heterocycles. The van der Waals surface area contributed by atoms with Crippen molar-refractivity contribution in [1.82, 2.24) is 9.21 Å². The summed E-state index contributed by atoms with van der Waals surface area (Å²) in [6, 6.07) is 11.2. The molecule has 2 saturated heterocycles. The summed E-state index contributed by atoms with van der Waals surface area (Å²) in [6.45, 7) is 9.03. The van der Waals surface area contributed by atoms with E-state index in [1.165, 1.54) is 0 Å². The SMILES string of the molecule is Cc1ccc(CN2CCO[C@@H]3CN(S(=O)(=O)c4ccc(C(C)C)cc4)C[C@@H]32)o1. The van der Waals surface area contributed by atoms with Crippen molar-refractivity contribution in [2.45, 2.75) is 50.3 Å². The van der Waals surface area contributed by atoms with Gasteiger partial charge in [0.05, 0.1) is 30.2 Å². The van der Waals surface area contributed by atoms with E-state index in [1.54, 1.807) is 16.4 Å². The zero-order chi connectivity index (χ0) is 19.9. The van der Waals surface area contributed by atoms with Gasteiger partial charge in [-0.3, -0.25) is 4.90 Å². The lowest BCUT2D eigenvalue weighted by atomic mass is 10.0. The molecule has 0 bridgehead atoms. The van der Waals surface area contributed by atoms with Crippen LogP contribution in [0.15, 0.2) is 45.7 Å². The van der Waals surface area contributed by atoms with Crippen LogP contribution in [0.5, 0.6) is 0 Å². The van der Waals surface area contributed by atoms with Crippen LogP contribution in [0.4, 0.5) is 0 Å². The average molecular weight is 405 g/mol. The highest BCUT2D eigenvalue weighted by Crippen LogP contribution is 2.29. The van der Waals surface area contributed by atoms with E-state index in [9.17, 15) is 8.42 Å². The molecule has 1 aromatic carbocycles. The monoisotopic (exact) mass is 404 g/mol. The van der Waals surface area contributed by atoms with Gasteiger partial charge >= 0.3 is 0 Å². The molecule has 0 spiro atoms. The number of nitrogens with zero attached hydrogens (tertiary/aromatic N) is 2. The summed E-state index contributed by atoms with van der Waals surface area (Å²) in [5.41, 5.74) is 1.14. The van der Waals surface area contributed by atoms with Gasteiger partial charge in [-0.15, -0.1) is 0 Å². The Morgan fingerprint density at radius 3 is 2.50 bits per heavy atom. The number of fused-ring (bicyclic) bond motifs is 1. The van der Waals surface area contributed by atoms with Crippen LogP contribution >= 0.6 is 0 Å². The van der Waals surface area contributed by atoms with Crippen molar-refractivity contribution < 1.29 is 17.6 Å². The van der Waals surface area contributed by atoms with Crippen LogP contribution in [-0.2, 0) is 21.3 Å². The van der Waals surface area contributed by atoms with E-state index in [1.807, 2.05) is 31.2 Å². The lowest BCUT2D eigenvalue weighted by molar-refractivity contribution is -0.0521. The van der Waals surface area contributed by atoms with Gasteiger partial charge in [-0.05, 0) is 42.7 Å². The normalized spacial score (nSPS) is 24.0. The summed E-state index contributed by atoms with van der Waals surface area (Å²) in [6.07, 6.45) is -0.102. The summed E-state index contributed by atoms with van der Waals surface area (Å²) in [7, 11) is -3.53. The summed E-state index contributed by atoms with van der Waals surface area (Å²) < 4.78 is 39.5. The van der Waals surface area contributed by atoms with Gasteiger partial charge < -0.3 is 9.15 Å². The van der Waals surface area contributed by atoms with Gasteiger partial charge in [0, 0.05) is 19.6 Å². The van der Waals surface area contributed by atoms with E-state index in [0.29, 0.717) is 37.1 Å². The largest absolute Gasteiger partial charge is 0.465 e. The number of morpholine rings is 1. The molecule has 0 unspecified atom stereocenters. The minimum Gasteiger partial charge on any atom is -0.465 e. The topological polar surface area (TPSA) is 63.0 Å². The minimum atomic E-state index is -3.53. The predicted molar refractivity (Wildman–Crippen MR) is 107 cm³/mol. The summed E-state index contributed by atoms with van der Waals surface area (Å²) in [4.78, 5) is 2.63. The molecule has 4 rings (SSSR count). The molecule has 3 heterocycles. The van der Waals surface area contributed by atoms with Crippen molar-refractivity contribution in [2.24, 2.45) is 0 Å². The molecule has 0 aliphatic carbocycles. The Bertz CT molecular complexity index is 920. The van der Waals surface area contributed by atoms with Gasteiger partial charge in [-0.2, -0.15) is 4.31 Å². The Morgan fingerprint density at radius 1 is 1.11 bits per heavy atom. The Morgan fingerprint density at radius 2 is 1.86 bits per heavy atom. The van der Waals surface area contributed by atoms with Crippen LogP contribution in [0.2, 0.25) is 0 Å². The molecule has 152 valence electrons. The van der Waals surface area contributed by atoms with Crippen molar-refractivity contribution in [3.05, 3.63) is 53.5 Å². The predicted octanol–water partition coefficient (Wildman–Crippen LogP) is 2.99. The molecule has 2 fully saturated rings. The molecular formula is C21H28N2O4S. The van der Waals surface area contributed by atoms with E-state index in [0.717, 1.165) is 23.6 Å². The fourth-order valence-corrected chi connectivity index (χ4v) is 5.53. The standard InChI is InChI=1S/C21H28N2O4S/c1-15(2)17-5-8-19(9-6-17)28(24,25)23-13-20-21(14-23)26-11-10-22(20)12-18-7-4-16(3)27-18/h4-9,15,20-21H,10-14H2,1-3H3/t20-,21+/m0/s1. The molecule has 0 saturated carbocycles. The van der Waals surface area contributed by atoms with Crippen LogP contribution in [0, 0.1) is 6.92 Å². The maximum absolute atomic E-state index is 13.2. The second kappa shape index (κ2) is 7.63.